The maximum absolute atomic E-state index is 12.7. The van der Waals surface area contributed by atoms with Crippen LogP contribution in [0.4, 0.5) is 18.9 Å². The van der Waals surface area contributed by atoms with Crippen molar-refractivity contribution < 1.29 is 31.2 Å². The van der Waals surface area contributed by atoms with Gasteiger partial charge in [0.2, 0.25) is 5.91 Å². The fourth-order valence-electron chi connectivity index (χ4n) is 3.76. The van der Waals surface area contributed by atoms with Crippen molar-refractivity contribution >= 4 is 27.5 Å². The lowest BCUT2D eigenvalue weighted by Gasteiger charge is -2.30. The smallest absolute Gasteiger partial charge is 0.329 e. The molecular weight excluding hydrogens is 447 g/mol. The van der Waals surface area contributed by atoms with E-state index in [4.69, 9.17) is 0 Å². The van der Waals surface area contributed by atoms with E-state index in [2.05, 4.69) is 16.6 Å². The molecule has 7 nitrogen and oxygen atoms in total. The zero-order chi connectivity index (χ0) is 23.3. The molecule has 32 heavy (non-hydrogen) atoms. The maximum Gasteiger partial charge on any atom is 0.416 e. The van der Waals surface area contributed by atoms with E-state index in [0.717, 1.165) is 12.1 Å². The Kier molecular flexibility index (Phi) is 5.24. The number of nitrogens with one attached hydrogen (secondary N) is 2. The zero-order valence-corrected chi connectivity index (χ0v) is 17.4. The first-order chi connectivity index (χ1) is 15.0. The van der Waals surface area contributed by atoms with E-state index in [9.17, 15) is 31.2 Å². The highest BCUT2D eigenvalue weighted by Crippen LogP contribution is 2.32. The highest BCUT2D eigenvalue weighted by molar-refractivity contribution is 7.92. The molecule has 2 aromatic carbocycles. The molecule has 0 aromatic heterocycles. The molecule has 1 atom stereocenters. The topological polar surface area (TPSA) is 95.6 Å². The van der Waals surface area contributed by atoms with Gasteiger partial charge in [-0.3, -0.25) is 14.3 Å². The summed E-state index contributed by atoms with van der Waals surface area (Å²) in [7, 11) is -4.15. The van der Waals surface area contributed by atoms with Crippen molar-refractivity contribution in [1.29, 1.82) is 0 Å². The number of halogens is 3. The molecule has 0 aliphatic carbocycles. The van der Waals surface area contributed by atoms with Crippen molar-refractivity contribution in [3.63, 3.8) is 0 Å². The molecule has 2 aliphatic rings. The number of hydrogen-bond donors (Lipinski definition) is 2. The summed E-state index contributed by atoms with van der Waals surface area (Å²) in [4.78, 5) is 26.1. The minimum atomic E-state index is -4.57. The molecule has 2 N–H and O–H groups in total. The molecule has 2 aromatic rings. The Hall–Kier alpha value is -3.34. The van der Waals surface area contributed by atoms with E-state index in [-0.39, 0.29) is 28.9 Å². The van der Waals surface area contributed by atoms with Crippen molar-refractivity contribution in [3.8, 4) is 0 Å². The molecule has 1 fully saturated rings. The SMILES string of the molecule is C=C1CCC(N2Cc3cc(NS(=O)(=O)c4ccc(C(F)(F)F)cc4)ccc3C2=O)C(=O)N1. The number of hydrogen-bond acceptors (Lipinski definition) is 4. The monoisotopic (exact) mass is 465 g/mol. The number of sulfonamides is 1. The summed E-state index contributed by atoms with van der Waals surface area (Å²) in [5.41, 5.74) is 0.692. The van der Waals surface area contributed by atoms with Crippen LogP contribution >= 0.6 is 0 Å². The van der Waals surface area contributed by atoms with Gasteiger partial charge in [0.25, 0.3) is 15.9 Å². The Balaban J connectivity index is 1.53. The minimum Gasteiger partial charge on any atom is -0.329 e. The zero-order valence-electron chi connectivity index (χ0n) is 16.6. The molecule has 11 heteroatoms. The Morgan fingerprint density at radius 3 is 2.41 bits per heavy atom. The minimum absolute atomic E-state index is 0.134. The number of carbonyl (C=O) groups is 2. The van der Waals surface area contributed by atoms with Crippen molar-refractivity contribution in [2.75, 3.05) is 4.72 Å². The third kappa shape index (κ3) is 4.07. The highest BCUT2D eigenvalue weighted by Gasteiger charge is 2.38. The van der Waals surface area contributed by atoms with E-state index in [1.165, 1.54) is 23.1 Å². The highest BCUT2D eigenvalue weighted by atomic mass is 32.2. The van der Waals surface area contributed by atoms with E-state index in [1.807, 2.05) is 0 Å². The number of amides is 2. The summed E-state index contributed by atoms with van der Waals surface area (Å²) in [6.07, 6.45) is -3.58. The number of nitrogens with zero attached hydrogens (tertiary/aromatic N) is 1. The summed E-state index contributed by atoms with van der Waals surface area (Å²) in [6.45, 7) is 3.85. The van der Waals surface area contributed by atoms with Crippen molar-refractivity contribution in [2.45, 2.75) is 36.5 Å². The second kappa shape index (κ2) is 7.66. The quantitative estimate of drug-likeness (QED) is 0.725. The number of allylic oxidation sites excluding steroid dienone is 1. The third-order valence-electron chi connectivity index (χ3n) is 5.38. The van der Waals surface area contributed by atoms with Gasteiger partial charge in [0.15, 0.2) is 0 Å². The van der Waals surface area contributed by atoms with E-state index >= 15 is 0 Å². The number of carbonyl (C=O) groups excluding carboxylic acids is 2. The average molecular weight is 465 g/mol. The summed E-state index contributed by atoms with van der Waals surface area (Å²) in [5.74, 6) is -0.643. The van der Waals surface area contributed by atoms with Gasteiger partial charge in [-0.2, -0.15) is 13.2 Å². The van der Waals surface area contributed by atoms with E-state index in [0.29, 0.717) is 41.8 Å². The maximum atomic E-state index is 12.7. The first-order valence-corrected chi connectivity index (χ1v) is 11.1. The molecule has 168 valence electrons. The van der Waals surface area contributed by atoms with Crippen LogP contribution in [0.2, 0.25) is 0 Å². The average Bonchev–Trinajstić information content (AvgIpc) is 3.03. The lowest BCUT2D eigenvalue weighted by molar-refractivity contribution is -0.137. The molecule has 0 spiro atoms. The fourth-order valence-corrected chi connectivity index (χ4v) is 4.80. The van der Waals surface area contributed by atoms with Crippen LogP contribution in [-0.2, 0) is 27.5 Å². The van der Waals surface area contributed by atoms with Crippen LogP contribution in [0.3, 0.4) is 0 Å². The van der Waals surface area contributed by atoms with Gasteiger partial charge in [0, 0.05) is 23.5 Å². The van der Waals surface area contributed by atoms with Crippen LogP contribution in [0.15, 0.2) is 59.6 Å². The molecule has 1 saturated heterocycles. The van der Waals surface area contributed by atoms with Gasteiger partial charge in [0.1, 0.15) is 6.04 Å². The van der Waals surface area contributed by atoms with Crippen LogP contribution in [0.1, 0.15) is 34.3 Å². The van der Waals surface area contributed by atoms with Crippen LogP contribution in [0.25, 0.3) is 0 Å². The molecular formula is C21H18F3N3O4S. The predicted molar refractivity (Wildman–Crippen MR) is 109 cm³/mol. The van der Waals surface area contributed by atoms with Gasteiger partial charge in [-0.1, -0.05) is 6.58 Å². The molecule has 0 saturated carbocycles. The molecule has 4 rings (SSSR count). The standard InChI is InChI=1S/C21H18F3N3O4S/c1-12-2-9-18(19(28)25-12)27-11-13-10-15(5-8-17(13)20(27)29)26-32(30,31)16-6-3-14(4-7-16)21(22,23)24/h3-8,10,18,26H,1-2,9,11H2,(H,25,28). The first kappa shape index (κ1) is 21.9. The van der Waals surface area contributed by atoms with Crippen LogP contribution in [0, 0.1) is 0 Å². The fraction of sp³-hybridized carbons (Fsp3) is 0.238. The van der Waals surface area contributed by atoms with Gasteiger partial charge >= 0.3 is 6.18 Å². The molecule has 1 unspecified atom stereocenters. The molecule has 2 amide bonds. The van der Waals surface area contributed by atoms with Crippen molar-refractivity contribution in [2.24, 2.45) is 0 Å². The second-order valence-corrected chi connectivity index (χ2v) is 9.26. The Labute approximate surface area is 182 Å². The molecule has 0 bridgehead atoms. The predicted octanol–water partition coefficient (Wildman–Crippen LogP) is 3.25. The van der Waals surface area contributed by atoms with Gasteiger partial charge in [0.05, 0.1) is 10.5 Å². The largest absolute Gasteiger partial charge is 0.416 e. The van der Waals surface area contributed by atoms with E-state index < -0.39 is 27.8 Å². The number of benzene rings is 2. The molecule has 2 heterocycles. The summed E-state index contributed by atoms with van der Waals surface area (Å²) >= 11 is 0. The van der Waals surface area contributed by atoms with Crippen LogP contribution in [0.5, 0.6) is 0 Å². The normalized spacial score (nSPS) is 19.0. The van der Waals surface area contributed by atoms with E-state index in [1.54, 1.807) is 0 Å². The number of anilines is 1. The summed E-state index contributed by atoms with van der Waals surface area (Å²) in [6, 6.07) is 6.82. The number of piperidine rings is 1. The number of rotatable bonds is 4. The van der Waals surface area contributed by atoms with Gasteiger partial charge in [-0.15, -0.1) is 0 Å². The Morgan fingerprint density at radius 2 is 1.78 bits per heavy atom. The number of alkyl halides is 3. The van der Waals surface area contributed by atoms with Crippen LogP contribution < -0.4 is 10.0 Å². The Bertz CT molecular complexity index is 1220. The van der Waals surface area contributed by atoms with Gasteiger partial charge in [-0.25, -0.2) is 8.42 Å². The van der Waals surface area contributed by atoms with Gasteiger partial charge in [-0.05, 0) is 60.9 Å². The lowest BCUT2D eigenvalue weighted by Crippen LogP contribution is -2.49. The number of fused-ring (bicyclic) bond motifs is 1. The molecule has 2 aliphatic heterocycles. The first-order valence-electron chi connectivity index (χ1n) is 9.58. The van der Waals surface area contributed by atoms with Gasteiger partial charge < -0.3 is 10.2 Å². The third-order valence-corrected chi connectivity index (χ3v) is 6.78. The van der Waals surface area contributed by atoms with Crippen molar-refractivity contribution in [3.05, 3.63) is 71.4 Å². The molecule has 0 radical (unpaired) electrons. The summed E-state index contributed by atoms with van der Waals surface area (Å²) < 4.78 is 65.6. The lowest BCUT2D eigenvalue weighted by atomic mass is 10.0. The Morgan fingerprint density at radius 1 is 1.09 bits per heavy atom. The summed E-state index contributed by atoms with van der Waals surface area (Å²) in [5, 5.41) is 2.64. The second-order valence-electron chi connectivity index (χ2n) is 7.58. The van der Waals surface area contributed by atoms with Crippen LogP contribution in [-0.4, -0.2) is 31.2 Å². The van der Waals surface area contributed by atoms with Crippen molar-refractivity contribution in [1.82, 2.24) is 10.2 Å².